The van der Waals surface area contributed by atoms with Gasteiger partial charge in [-0.05, 0) is 57.3 Å². The lowest BCUT2D eigenvalue weighted by Gasteiger charge is -2.22. The number of carbonyl (C=O) groups excluding carboxylic acids is 2. The Labute approximate surface area is 201 Å². The Bertz CT molecular complexity index is 1170. The van der Waals surface area contributed by atoms with Crippen LogP contribution in [0.5, 0.6) is 5.75 Å². The summed E-state index contributed by atoms with van der Waals surface area (Å²) >= 11 is 1.19. The lowest BCUT2D eigenvalue weighted by molar-refractivity contribution is -0.122. The summed E-state index contributed by atoms with van der Waals surface area (Å²) in [6.07, 6.45) is 5.37. The predicted molar refractivity (Wildman–Crippen MR) is 132 cm³/mol. The molecule has 5 N–H and O–H groups in total. The maximum atomic E-state index is 12.7. The number of piperidine rings is 1. The Morgan fingerprint density at radius 2 is 2.03 bits per heavy atom. The molecule has 0 saturated carbocycles. The molecule has 3 aromatic rings. The number of amides is 2. The Morgan fingerprint density at radius 1 is 1.24 bits per heavy atom. The second-order valence-electron chi connectivity index (χ2n) is 8.41. The van der Waals surface area contributed by atoms with Gasteiger partial charge in [-0.1, -0.05) is 17.4 Å². The van der Waals surface area contributed by atoms with Crippen molar-refractivity contribution in [3.05, 3.63) is 46.6 Å². The van der Waals surface area contributed by atoms with Gasteiger partial charge in [0, 0.05) is 24.4 Å². The van der Waals surface area contributed by atoms with E-state index in [-0.39, 0.29) is 24.1 Å². The molecule has 0 bridgehead atoms. The average molecular weight is 484 g/mol. The molecule has 0 radical (unpaired) electrons. The first-order chi connectivity index (χ1) is 16.4. The van der Waals surface area contributed by atoms with Crippen molar-refractivity contribution >= 4 is 39.8 Å². The van der Waals surface area contributed by atoms with E-state index in [0.717, 1.165) is 31.5 Å². The number of aryl methyl sites for hydroxylation is 1. The topological polar surface area (TPSA) is 133 Å². The third kappa shape index (κ3) is 5.91. The first-order valence-electron chi connectivity index (χ1n) is 11.2. The van der Waals surface area contributed by atoms with Crippen molar-refractivity contribution < 1.29 is 14.7 Å². The number of carbonyl (C=O) groups is 2. The fraction of sp³-hybridized carbons (Fsp3) is 0.391. The van der Waals surface area contributed by atoms with Crippen molar-refractivity contribution in [2.45, 2.75) is 33.2 Å². The van der Waals surface area contributed by atoms with Gasteiger partial charge in [0.15, 0.2) is 10.9 Å². The van der Waals surface area contributed by atoms with Gasteiger partial charge in [0.05, 0.1) is 11.9 Å². The predicted octanol–water partition coefficient (Wildman–Crippen LogP) is 2.77. The first kappa shape index (κ1) is 23.7. The van der Waals surface area contributed by atoms with Crippen LogP contribution in [0, 0.1) is 19.8 Å². The Morgan fingerprint density at radius 3 is 2.82 bits per heavy atom. The van der Waals surface area contributed by atoms with Crippen LogP contribution in [0.3, 0.4) is 0 Å². The molecule has 34 heavy (non-hydrogen) atoms. The van der Waals surface area contributed by atoms with E-state index in [1.807, 2.05) is 6.92 Å². The second kappa shape index (κ2) is 10.7. The van der Waals surface area contributed by atoms with E-state index in [2.05, 4.69) is 31.3 Å². The van der Waals surface area contributed by atoms with E-state index in [1.165, 1.54) is 17.5 Å². The minimum atomic E-state index is -0.307. The second-order valence-corrected chi connectivity index (χ2v) is 9.44. The maximum Gasteiger partial charge on any atom is 0.267 e. The molecule has 2 aromatic heterocycles. The molecule has 0 spiro atoms. The standard InChI is InChI=1S/C23H29N7O3S/c1-14-3-4-17(31)15(2)21(14)28-22(33)18-12-26-23(34-18)27-19-7-10-30(29-19)13-20(32)25-11-16-5-8-24-9-6-16/h3-4,7,10,12,16,24,31H,5-6,8-9,11,13H2,1-2H3,(H,25,32)(H,28,33)(H,26,27,29). The molecule has 1 aromatic carbocycles. The molecule has 2 amide bonds. The summed E-state index contributed by atoms with van der Waals surface area (Å²) in [5.41, 5.74) is 2.06. The molecule has 4 rings (SSSR count). The third-order valence-corrected chi connectivity index (χ3v) is 6.75. The first-order valence-corrected chi connectivity index (χ1v) is 12.0. The summed E-state index contributed by atoms with van der Waals surface area (Å²) in [5, 5.41) is 27.0. The number of rotatable bonds is 8. The monoisotopic (exact) mass is 483 g/mol. The maximum absolute atomic E-state index is 12.7. The van der Waals surface area contributed by atoms with Crippen molar-refractivity contribution in [2.75, 3.05) is 30.3 Å². The Balaban J connectivity index is 1.30. The number of benzene rings is 1. The Hall–Kier alpha value is -3.44. The van der Waals surface area contributed by atoms with E-state index in [0.29, 0.717) is 39.5 Å². The van der Waals surface area contributed by atoms with E-state index < -0.39 is 0 Å². The van der Waals surface area contributed by atoms with Gasteiger partial charge < -0.3 is 26.4 Å². The number of nitrogens with one attached hydrogen (secondary N) is 4. The molecule has 0 atom stereocenters. The quantitative estimate of drug-likeness (QED) is 0.333. The van der Waals surface area contributed by atoms with Gasteiger partial charge in [-0.2, -0.15) is 5.10 Å². The van der Waals surface area contributed by atoms with Crippen LogP contribution in [0.25, 0.3) is 0 Å². The summed E-state index contributed by atoms with van der Waals surface area (Å²) in [5.74, 6) is 0.809. The van der Waals surface area contributed by atoms with Crippen molar-refractivity contribution in [1.29, 1.82) is 0 Å². The smallest absolute Gasteiger partial charge is 0.267 e. The van der Waals surface area contributed by atoms with Crippen LogP contribution < -0.4 is 21.3 Å². The highest BCUT2D eigenvalue weighted by Crippen LogP contribution is 2.29. The van der Waals surface area contributed by atoms with E-state index in [1.54, 1.807) is 36.0 Å². The Kier molecular flexibility index (Phi) is 7.43. The van der Waals surface area contributed by atoms with Gasteiger partial charge >= 0.3 is 0 Å². The van der Waals surface area contributed by atoms with Crippen molar-refractivity contribution in [3.8, 4) is 5.75 Å². The molecule has 1 fully saturated rings. The molecule has 1 saturated heterocycles. The summed E-state index contributed by atoms with van der Waals surface area (Å²) in [7, 11) is 0. The summed E-state index contributed by atoms with van der Waals surface area (Å²) in [6.45, 7) is 6.46. The molecular formula is C23H29N7O3S. The van der Waals surface area contributed by atoms with Gasteiger partial charge in [-0.15, -0.1) is 0 Å². The molecule has 0 unspecified atom stereocenters. The number of thiazole rings is 1. The fourth-order valence-electron chi connectivity index (χ4n) is 3.81. The van der Waals surface area contributed by atoms with Gasteiger partial charge in [-0.3, -0.25) is 14.3 Å². The SMILES string of the molecule is Cc1ccc(O)c(C)c1NC(=O)c1cnc(Nc2ccn(CC(=O)NCC3CCNCC3)n2)s1. The van der Waals surface area contributed by atoms with Crippen molar-refractivity contribution in [3.63, 3.8) is 0 Å². The van der Waals surface area contributed by atoms with Crippen LogP contribution in [-0.4, -0.2) is 51.3 Å². The minimum absolute atomic E-state index is 0.0704. The van der Waals surface area contributed by atoms with Gasteiger partial charge in [0.1, 0.15) is 17.2 Å². The molecule has 10 nitrogen and oxygen atoms in total. The number of phenolic OH excluding ortho intramolecular Hbond substituents is 1. The molecule has 3 heterocycles. The normalized spacial score (nSPS) is 14.1. The molecule has 11 heteroatoms. The van der Waals surface area contributed by atoms with Gasteiger partial charge in [0.2, 0.25) is 5.91 Å². The van der Waals surface area contributed by atoms with Crippen LogP contribution in [0.4, 0.5) is 16.6 Å². The molecule has 0 aliphatic carbocycles. The number of phenols is 1. The average Bonchev–Trinajstić information content (AvgIpc) is 3.48. The lowest BCUT2D eigenvalue weighted by Crippen LogP contribution is -2.37. The van der Waals surface area contributed by atoms with Crippen LogP contribution in [0.2, 0.25) is 0 Å². The largest absolute Gasteiger partial charge is 0.508 e. The van der Waals surface area contributed by atoms with Crippen molar-refractivity contribution in [1.82, 2.24) is 25.4 Å². The summed E-state index contributed by atoms with van der Waals surface area (Å²) in [6, 6.07) is 5.11. The fourth-order valence-corrected chi connectivity index (χ4v) is 4.53. The van der Waals surface area contributed by atoms with E-state index in [9.17, 15) is 14.7 Å². The lowest BCUT2D eigenvalue weighted by atomic mass is 9.98. The van der Waals surface area contributed by atoms with Gasteiger partial charge in [-0.25, -0.2) is 4.98 Å². The number of nitrogens with zero attached hydrogens (tertiary/aromatic N) is 3. The van der Waals surface area contributed by atoms with Gasteiger partial charge in [0.25, 0.3) is 5.91 Å². The highest BCUT2D eigenvalue weighted by molar-refractivity contribution is 7.17. The summed E-state index contributed by atoms with van der Waals surface area (Å²) < 4.78 is 1.56. The minimum Gasteiger partial charge on any atom is -0.508 e. The number of anilines is 3. The highest BCUT2D eigenvalue weighted by atomic mass is 32.1. The molecule has 1 aliphatic heterocycles. The van der Waals surface area contributed by atoms with Crippen LogP contribution in [0.15, 0.2) is 30.6 Å². The number of hydrogen-bond acceptors (Lipinski definition) is 8. The number of hydrogen-bond donors (Lipinski definition) is 5. The zero-order valence-corrected chi connectivity index (χ0v) is 20.0. The van der Waals surface area contributed by atoms with E-state index in [4.69, 9.17) is 0 Å². The van der Waals surface area contributed by atoms with Crippen LogP contribution in [0.1, 0.15) is 33.6 Å². The molecular weight excluding hydrogens is 454 g/mol. The summed E-state index contributed by atoms with van der Waals surface area (Å²) in [4.78, 5) is 29.6. The zero-order chi connectivity index (χ0) is 24.1. The van der Waals surface area contributed by atoms with Crippen LogP contribution in [-0.2, 0) is 11.3 Å². The third-order valence-electron chi connectivity index (χ3n) is 5.84. The zero-order valence-electron chi connectivity index (χ0n) is 19.2. The molecule has 180 valence electrons. The van der Waals surface area contributed by atoms with E-state index >= 15 is 0 Å². The highest BCUT2D eigenvalue weighted by Gasteiger charge is 2.16. The molecule has 1 aliphatic rings. The van der Waals surface area contributed by atoms with Crippen LogP contribution >= 0.6 is 11.3 Å². The number of aromatic hydroxyl groups is 1. The number of aromatic nitrogens is 3. The van der Waals surface area contributed by atoms with Crippen molar-refractivity contribution in [2.24, 2.45) is 5.92 Å².